The first-order valence-electron chi connectivity index (χ1n) is 6.64. The lowest BCUT2D eigenvalue weighted by Gasteiger charge is -2.27. The van der Waals surface area contributed by atoms with Gasteiger partial charge in [0.05, 0.1) is 12.7 Å². The highest BCUT2D eigenvalue weighted by atomic mass is 16.5. The Morgan fingerprint density at radius 2 is 2.12 bits per heavy atom. The Morgan fingerprint density at radius 1 is 1.38 bits per heavy atom. The molecule has 2 N–H and O–H groups in total. The van der Waals surface area contributed by atoms with Crippen molar-refractivity contribution in [3.63, 3.8) is 0 Å². The van der Waals surface area contributed by atoms with Crippen LogP contribution in [0.3, 0.4) is 0 Å². The maximum absolute atomic E-state index is 9.82. The smallest absolute Gasteiger partial charge is 0.0613 e. The van der Waals surface area contributed by atoms with Crippen molar-refractivity contribution in [2.45, 2.75) is 57.6 Å². The van der Waals surface area contributed by atoms with Crippen molar-refractivity contribution in [2.24, 2.45) is 5.92 Å². The summed E-state index contributed by atoms with van der Waals surface area (Å²) < 4.78 is 5.07. The molecule has 3 unspecified atom stereocenters. The second-order valence-electron chi connectivity index (χ2n) is 5.06. The first kappa shape index (κ1) is 13.9. The van der Waals surface area contributed by atoms with Gasteiger partial charge in [-0.25, -0.2) is 0 Å². The van der Waals surface area contributed by atoms with Crippen molar-refractivity contribution in [3.05, 3.63) is 0 Å². The van der Waals surface area contributed by atoms with E-state index in [1.807, 2.05) is 0 Å². The number of nitrogens with one attached hydrogen (secondary N) is 1. The minimum Gasteiger partial charge on any atom is -0.393 e. The number of aliphatic hydroxyl groups is 1. The monoisotopic (exact) mass is 229 g/mol. The number of aliphatic hydroxyl groups excluding tert-OH is 1. The van der Waals surface area contributed by atoms with Gasteiger partial charge in [0.15, 0.2) is 0 Å². The summed E-state index contributed by atoms with van der Waals surface area (Å²) in [4.78, 5) is 0. The molecule has 0 heterocycles. The lowest BCUT2D eigenvalue weighted by Crippen LogP contribution is -2.32. The highest BCUT2D eigenvalue weighted by Gasteiger charge is 2.22. The zero-order valence-corrected chi connectivity index (χ0v) is 10.7. The molecule has 3 nitrogen and oxygen atoms in total. The fourth-order valence-corrected chi connectivity index (χ4v) is 2.55. The van der Waals surface area contributed by atoms with Crippen LogP contribution in [0, 0.1) is 5.92 Å². The molecule has 0 aromatic heterocycles. The van der Waals surface area contributed by atoms with Crippen LogP contribution in [0.15, 0.2) is 0 Å². The van der Waals surface area contributed by atoms with Gasteiger partial charge < -0.3 is 15.2 Å². The molecule has 0 aromatic rings. The van der Waals surface area contributed by atoms with E-state index in [9.17, 15) is 5.11 Å². The second kappa shape index (κ2) is 8.04. The molecule has 0 saturated heterocycles. The van der Waals surface area contributed by atoms with Crippen LogP contribution in [0.1, 0.15) is 45.4 Å². The van der Waals surface area contributed by atoms with Crippen molar-refractivity contribution >= 4 is 0 Å². The Kier molecular flexibility index (Phi) is 7.01. The largest absolute Gasteiger partial charge is 0.393 e. The van der Waals surface area contributed by atoms with E-state index in [0.29, 0.717) is 12.0 Å². The van der Waals surface area contributed by atoms with Crippen LogP contribution in [0.4, 0.5) is 0 Å². The van der Waals surface area contributed by atoms with E-state index in [-0.39, 0.29) is 6.10 Å². The van der Waals surface area contributed by atoms with Crippen LogP contribution in [0.5, 0.6) is 0 Å². The second-order valence-corrected chi connectivity index (χ2v) is 5.06. The normalized spacial score (nSPS) is 27.9. The number of methoxy groups -OCH3 is 1. The molecule has 3 atom stereocenters. The molecular formula is C13H27NO2. The van der Waals surface area contributed by atoms with Gasteiger partial charge in [-0.2, -0.15) is 0 Å². The summed E-state index contributed by atoms with van der Waals surface area (Å²) >= 11 is 0. The van der Waals surface area contributed by atoms with Crippen LogP contribution in [0.2, 0.25) is 0 Å². The predicted octanol–water partition coefficient (Wildman–Crippen LogP) is 1.94. The van der Waals surface area contributed by atoms with Crippen LogP contribution in [-0.2, 0) is 4.74 Å². The van der Waals surface area contributed by atoms with Gasteiger partial charge in [0.25, 0.3) is 0 Å². The van der Waals surface area contributed by atoms with Gasteiger partial charge in [0, 0.05) is 13.2 Å². The lowest BCUT2D eigenvalue weighted by atomic mass is 9.83. The predicted molar refractivity (Wildman–Crippen MR) is 66.5 cm³/mol. The van der Waals surface area contributed by atoms with Crippen LogP contribution in [-0.4, -0.2) is 37.5 Å². The Labute approximate surface area is 99.6 Å². The molecule has 1 saturated carbocycles. The van der Waals surface area contributed by atoms with Crippen molar-refractivity contribution in [2.75, 3.05) is 20.3 Å². The average molecular weight is 229 g/mol. The van der Waals surface area contributed by atoms with Crippen molar-refractivity contribution < 1.29 is 9.84 Å². The van der Waals surface area contributed by atoms with Gasteiger partial charge in [-0.1, -0.05) is 12.8 Å². The molecule has 96 valence electrons. The van der Waals surface area contributed by atoms with Gasteiger partial charge in [-0.3, -0.25) is 0 Å². The van der Waals surface area contributed by atoms with Crippen LogP contribution >= 0.6 is 0 Å². The lowest BCUT2D eigenvalue weighted by molar-refractivity contribution is 0.0640. The molecular weight excluding hydrogens is 202 g/mol. The Bertz CT molecular complexity index is 175. The summed E-state index contributed by atoms with van der Waals surface area (Å²) in [6.07, 6.45) is 7.03. The summed E-state index contributed by atoms with van der Waals surface area (Å²) in [5.74, 6) is 0.549. The molecule has 1 fully saturated rings. The summed E-state index contributed by atoms with van der Waals surface area (Å²) in [7, 11) is 1.73. The number of hydrogen-bond acceptors (Lipinski definition) is 3. The fourth-order valence-electron chi connectivity index (χ4n) is 2.55. The van der Waals surface area contributed by atoms with Crippen LogP contribution in [0.25, 0.3) is 0 Å². The molecule has 0 spiro atoms. The van der Waals surface area contributed by atoms with Gasteiger partial charge in [-0.05, 0) is 45.1 Å². The number of ether oxygens (including phenoxy) is 1. The molecule has 16 heavy (non-hydrogen) atoms. The molecule has 1 rings (SSSR count). The van der Waals surface area contributed by atoms with Crippen molar-refractivity contribution in [3.8, 4) is 0 Å². The van der Waals surface area contributed by atoms with Crippen LogP contribution < -0.4 is 5.32 Å². The first-order chi connectivity index (χ1) is 7.74. The average Bonchev–Trinajstić information content (AvgIpc) is 2.27. The number of rotatable bonds is 7. The molecule has 1 aliphatic carbocycles. The highest BCUT2D eigenvalue weighted by Crippen LogP contribution is 2.27. The minimum absolute atomic E-state index is 0.0369. The quantitative estimate of drug-likeness (QED) is 0.656. The highest BCUT2D eigenvalue weighted by molar-refractivity contribution is 4.74. The molecule has 0 bridgehead atoms. The van der Waals surface area contributed by atoms with Crippen molar-refractivity contribution in [1.29, 1.82) is 0 Å². The molecule has 3 heteroatoms. The van der Waals surface area contributed by atoms with E-state index in [0.717, 1.165) is 32.4 Å². The fraction of sp³-hybridized carbons (Fsp3) is 1.00. The summed E-state index contributed by atoms with van der Waals surface area (Å²) in [6.45, 7) is 3.94. The third-order valence-corrected chi connectivity index (χ3v) is 3.53. The third-order valence-electron chi connectivity index (χ3n) is 3.53. The van der Waals surface area contributed by atoms with Gasteiger partial charge >= 0.3 is 0 Å². The molecule has 0 aromatic carbocycles. The molecule has 0 radical (unpaired) electrons. The van der Waals surface area contributed by atoms with E-state index in [4.69, 9.17) is 4.74 Å². The Balaban J connectivity index is 2.01. The maximum atomic E-state index is 9.82. The Hall–Kier alpha value is -0.120. The van der Waals surface area contributed by atoms with Crippen molar-refractivity contribution in [1.82, 2.24) is 5.32 Å². The Morgan fingerprint density at radius 3 is 2.81 bits per heavy atom. The van der Waals surface area contributed by atoms with E-state index in [1.165, 1.54) is 19.3 Å². The topological polar surface area (TPSA) is 41.5 Å². The molecule has 1 aliphatic rings. The number of hydrogen-bond donors (Lipinski definition) is 2. The molecule has 0 aliphatic heterocycles. The summed E-state index contributed by atoms with van der Waals surface area (Å²) in [5, 5.41) is 13.3. The standard InChI is InChI=1S/C13H27NO2/c1-11(10-16-2)14-9-5-7-12-6-3-4-8-13(12)15/h11-15H,3-10H2,1-2H3. The zero-order valence-electron chi connectivity index (χ0n) is 10.7. The molecule has 0 amide bonds. The summed E-state index contributed by atoms with van der Waals surface area (Å²) in [5.41, 5.74) is 0. The van der Waals surface area contributed by atoms with E-state index >= 15 is 0 Å². The van der Waals surface area contributed by atoms with E-state index in [1.54, 1.807) is 7.11 Å². The van der Waals surface area contributed by atoms with E-state index < -0.39 is 0 Å². The summed E-state index contributed by atoms with van der Waals surface area (Å²) in [6, 6.07) is 0.432. The SMILES string of the molecule is COCC(C)NCCCC1CCCCC1O. The van der Waals surface area contributed by atoms with Gasteiger partial charge in [0.1, 0.15) is 0 Å². The third kappa shape index (κ3) is 5.28. The minimum atomic E-state index is -0.0369. The van der Waals surface area contributed by atoms with E-state index in [2.05, 4.69) is 12.2 Å². The van der Waals surface area contributed by atoms with Gasteiger partial charge in [-0.15, -0.1) is 0 Å². The van der Waals surface area contributed by atoms with Gasteiger partial charge in [0.2, 0.25) is 0 Å². The first-order valence-corrected chi connectivity index (χ1v) is 6.64. The zero-order chi connectivity index (χ0) is 11.8. The maximum Gasteiger partial charge on any atom is 0.0613 e.